The lowest BCUT2D eigenvalue weighted by Gasteiger charge is -2.38. The van der Waals surface area contributed by atoms with Crippen LogP contribution in [0.25, 0.3) is 11.1 Å². The minimum absolute atomic E-state index is 0.0414. The molecule has 10 heteroatoms. The van der Waals surface area contributed by atoms with Crippen molar-refractivity contribution in [3.63, 3.8) is 0 Å². The average molecular weight is 547 g/mol. The first-order valence-corrected chi connectivity index (χ1v) is 14.5. The van der Waals surface area contributed by atoms with Crippen molar-refractivity contribution >= 4 is 15.9 Å². The first kappa shape index (κ1) is 28.4. The zero-order valence-corrected chi connectivity index (χ0v) is 23.3. The zero-order valence-electron chi connectivity index (χ0n) is 22.5. The second-order valence-electron chi connectivity index (χ2n) is 10.2. The molecule has 0 bridgehead atoms. The highest BCUT2D eigenvalue weighted by Crippen LogP contribution is 2.37. The molecule has 0 saturated carbocycles. The summed E-state index contributed by atoms with van der Waals surface area (Å²) in [4.78, 5) is 14.9. The molecule has 3 atom stereocenters. The Morgan fingerprint density at radius 2 is 1.89 bits per heavy atom. The number of likely N-dealkylation sites (N-methyl/N-ethyl adjacent to an activating group) is 1. The lowest BCUT2D eigenvalue weighted by Crippen LogP contribution is -2.50. The van der Waals surface area contributed by atoms with Crippen LogP contribution in [0.1, 0.15) is 26.7 Å². The molecule has 0 unspecified atom stereocenters. The number of methoxy groups -OCH3 is 1. The summed E-state index contributed by atoms with van der Waals surface area (Å²) in [6.45, 7) is 4.91. The van der Waals surface area contributed by atoms with E-state index in [1.807, 2.05) is 31.2 Å². The molecule has 9 nitrogen and oxygen atoms in total. The highest BCUT2D eigenvalue weighted by molar-refractivity contribution is 7.89. The summed E-state index contributed by atoms with van der Waals surface area (Å²) in [6, 6.07) is 11.9. The van der Waals surface area contributed by atoms with Gasteiger partial charge in [-0.25, -0.2) is 8.42 Å². The van der Waals surface area contributed by atoms with E-state index in [9.17, 15) is 18.3 Å². The number of carbonyl (C=O) groups excluding carboxylic acids is 1. The maximum atomic E-state index is 13.8. The Kier molecular flexibility index (Phi) is 8.97. The van der Waals surface area contributed by atoms with Crippen LogP contribution < -0.4 is 9.47 Å². The molecule has 2 heterocycles. The minimum Gasteiger partial charge on any atom is -0.497 e. The molecule has 2 aromatic rings. The molecule has 0 aliphatic carbocycles. The number of amides is 1. The molecule has 4 rings (SSSR count). The maximum Gasteiger partial charge on any atom is 0.247 e. The number of ether oxygens (including phenoxy) is 3. The van der Waals surface area contributed by atoms with Crippen molar-refractivity contribution < 1.29 is 32.5 Å². The van der Waals surface area contributed by atoms with E-state index < -0.39 is 22.2 Å². The zero-order chi connectivity index (χ0) is 27.4. The van der Waals surface area contributed by atoms with Crippen molar-refractivity contribution in [1.82, 2.24) is 9.21 Å². The third-order valence-electron chi connectivity index (χ3n) is 7.47. The standard InChI is InChI=1S/C28H38N2O7S/c1-19-16-30(20(2)18-31)38(33,34)27-9-8-23(22-6-5-7-24(14-22)35-4)15-25(27)37-26(19)17-29(3)28(32)21-10-12-36-13-11-21/h5-9,14-15,19-21,26,31H,10-13,16-18H2,1-4H3/t19-,20+,26+/m1/s1. The van der Waals surface area contributed by atoms with Crippen molar-refractivity contribution in [3.05, 3.63) is 42.5 Å². The van der Waals surface area contributed by atoms with Gasteiger partial charge in [-0.3, -0.25) is 4.79 Å². The van der Waals surface area contributed by atoms with Crippen LogP contribution in [0.3, 0.4) is 0 Å². The quantitative estimate of drug-likeness (QED) is 0.569. The van der Waals surface area contributed by atoms with Crippen LogP contribution in [0.2, 0.25) is 0 Å². The van der Waals surface area contributed by atoms with E-state index in [0.717, 1.165) is 11.1 Å². The maximum absolute atomic E-state index is 13.8. The fraction of sp³-hybridized carbons (Fsp3) is 0.536. The molecule has 1 amide bonds. The van der Waals surface area contributed by atoms with Gasteiger partial charge < -0.3 is 24.2 Å². The van der Waals surface area contributed by atoms with E-state index >= 15 is 0 Å². The Bertz CT molecular complexity index is 1230. The molecule has 2 aromatic carbocycles. The van der Waals surface area contributed by atoms with Crippen molar-refractivity contribution in [2.45, 2.75) is 43.7 Å². The summed E-state index contributed by atoms with van der Waals surface area (Å²) in [5, 5.41) is 9.87. The van der Waals surface area contributed by atoms with Crippen LogP contribution in [0.5, 0.6) is 11.5 Å². The molecule has 1 fully saturated rings. The average Bonchev–Trinajstić information content (AvgIpc) is 2.94. The highest BCUT2D eigenvalue weighted by Gasteiger charge is 2.39. The predicted molar refractivity (Wildman–Crippen MR) is 144 cm³/mol. The van der Waals surface area contributed by atoms with Gasteiger partial charge in [0.2, 0.25) is 15.9 Å². The number of benzene rings is 2. The third kappa shape index (κ3) is 5.98. The number of carbonyl (C=O) groups is 1. The number of aliphatic hydroxyl groups is 1. The predicted octanol–water partition coefficient (Wildman–Crippen LogP) is 3.02. The molecule has 0 spiro atoms. The van der Waals surface area contributed by atoms with Gasteiger partial charge in [0.25, 0.3) is 0 Å². The van der Waals surface area contributed by atoms with Gasteiger partial charge in [0.1, 0.15) is 22.5 Å². The number of fused-ring (bicyclic) bond motifs is 1. The molecule has 1 saturated heterocycles. The Morgan fingerprint density at radius 1 is 1.18 bits per heavy atom. The molecule has 0 aromatic heterocycles. The van der Waals surface area contributed by atoms with Crippen LogP contribution in [0.4, 0.5) is 0 Å². The number of aliphatic hydroxyl groups excluding tert-OH is 1. The summed E-state index contributed by atoms with van der Waals surface area (Å²) >= 11 is 0. The Balaban J connectivity index is 1.72. The van der Waals surface area contributed by atoms with E-state index in [4.69, 9.17) is 14.2 Å². The molecule has 2 aliphatic rings. The van der Waals surface area contributed by atoms with Crippen molar-refractivity contribution in [2.24, 2.45) is 11.8 Å². The number of nitrogens with zero attached hydrogens (tertiary/aromatic N) is 2. The normalized spacial score (nSPS) is 22.9. The molecule has 2 aliphatic heterocycles. The molecular weight excluding hydrogens is 508 g/mol. The third-order valence-corrected chi connectivity index (χ3v) is 9.49. The first-order valence-electron chi connectivity index (χ1n) is 13.1. The van der Waals surface area contributed by atoms with Crippen LogP contribution in [0.15, 0.2) is 47.4 Å². The largest absolute Gasteiger partial charge is 0.497 e. The van der Waals surface area contributed by atoms with E-state index in [0.29, 0.717) is 38.3 Å². The van der Waals surface area contributed by atoms with Crippen LogP contribution in [0, 0.1) is 11.8 Å². The Labute approximate surface area is 225 Å². The van der Waals surface area contributed by atoms with E-state index in [1.54, 1.807) is 44.2 Å². The van der Waals surface area contributed by atoms with Gasteiger partial charge >= 0.3 is 0 Å². The van der Waals surface area contributed by atoms with Crippen molar-refractivity contribution in [2.75, 3.05) is 47.1 Å². The van der Waals surface area contributed by atoms with Gasteiger partial charge in [-0.1, -0.05) is 25.1 Å². The SMILES string of the molecule is COc1cccc(-c2ccc3c(c2)O[C@@H](CN(C)C(=O)C2CCOCC2)[C@H](C)CN([C@@H](C)CO)S3(=O)=O)c1. The van der Waals surface area contributed by atoms with Gasteiger partial charge in [-0.15, -0.1) is 0 Å². The Hall–Kier alpha value is -2.66. The minimum atomic E-state index is -3.95. The van der Waals surface area contributed by atoms with Gasteiger partial charge in [-0.2, -0.15) is 4.31 Å². The van der Waals surface area contributed by atoms with Crippen LogP contribution in [-0.2, 0) is 19.6 Å². The van der Waals surface area contributed by atoms with E-state index in [-0.39, 0.29) is 41.5 Å². The number of rotatable bonds is 7. The second kappa shape index (κ2) is 12.0. The molecule has 208 valence electrons. The number of hydrogen-bond donors (Lipinski definition) is 1. The summed E-state index contributed by atoms with van der Waals surface area (Å²) < 4.78 is 46.1. The second-order valence-corrected chi connectivity index (χ2v) is 12.1. The van der Waals surface area contributed by atoms with Gasteiger partial charge in [0, 0.05) is 44.7 Å². The fourth-order valence-corrected chi connectivity index (χ4v) is 6.87. The van der Waals surface area contributed by atoms with Crippen molar-refractivity contribution in [1.29, 1.82) is 0 Å². The monoisotopic (exact) mass is 546 g/mol. The lowest BCUT2D eigenvalue weighted by atomic mass is 9.97. The first-order chi connectivity index (χ1) is 18.1. The molecule has 1 N–H and O–H groups in total. The number of sulfonamides is 1. The summed E-state index contributed by atoms with van der Waals surface area (Å²) in [5.74, 6) is 0.618. The van der Waals surface area contributed by atoms with Gasteiger partial charge in [-0.05, 0) is 55.2 Å². The summed E-state index contributed by atoms with van der Waals surface area (Å²) in [5.41, 5.74) is 1.63. The smallest absolute Gasteiger partial charge is 0.247 e. The molecule has 38 heavy (non-hydrogen) atoms. The topological polar surface area (TPSA) is 106 Å². The fourth-order valence-electron chi connectivity index (χ4n) is 5.04. The molecule has 0 radical (unpaired) electrons. The highest BCUT2D eigenvalue weighted by atomic mass is 32.2. The van der Waals surface area contributed by atoms with E-state index in [1.165, 1.54) is 4.31 Å². The lowest BCUT2D eigenvalue weighted by molar-refractivity contribution is -0.138. The Morgan fingerprint density at radius 3 is 2.58 bits per heavy atom. The van der Waals surface area contributed by atoms with Crippen molar-refractivity contribution in [3.8, 4) is 22.6 Å². The molecular formula is C28H38N2O7S. The van der Waals surface area contributed by atoms with E-state index in [2.05, 4.69) is 0 Å². The summed E-state index contributed by atoms with van der Waals surface area (Å²) in [7, 11) is -0.592. The van der Waals surface area contributed by atoms with Crippen LogP contribution in [-0.4, -0.2) is 87.9 Å². The summed E-state index contributed by atoms with van der Waals surface area (Å²) in [6.07, 6.45) is 0.917. The number of hydrogen-bond acceptors (Lipinski definition) is 7. The van der Waals surface area contributed by atoms with Gasteiger partial charge in [0.05, 0.1) is 20.3 Å². The van der Waals surface area contributed by atoms with Gasteiger partial charge in [0.15, 0.2) is 0 Å². The van der Waals surface area contributed by atoms with Crippen LogP contribution >= 0.6 is 0 Å².